The predicted octanol–water partition coefficient (Wildman–Crippen LogP) is 4.00. The number of hydrogen-bond acceptors (Lipinski definition) is 3. The van der Waals surface area contributed by atoms with Crippen molar-refractivity contribution in [1.29, 1.82) is 0 Å². The number of carboxylic acid groups (broad SMARTS) is 2. The molecule has 0 radical (unpaired) electrons. The number of carboxylic acids is 2. The van der Waals surface area contributed by atoms with Crippen molar-refractivity contribution in [2.45, 2.75) is 26.7 Å². The van der Waals surface area contributed by atoms with Gasteiger partial charge in [-0.15, -0.1) is 0 Å². The summed E-state index contributed by atoms with van der Waals surface area (Å²) in [6, 6.07) is 9.44. The van der Waals surface area contributed by atoms with E-state index >= 15 is 0 Å². The Morgan fingerprint density at radius 1 is 0.826 bits per heavy atom. The van der Waals surface area contributed by atoms with E-state index in [0.29, 0.717) is 24.3 Å². The zero-order valence-corrected chi connectivity index (χ0v) is 13.0. The summed E-state index contributed by atoms with van der Waals surface area (Å²) in [4.78, 5) is 22.1. The summed E-state index contributed by atoms with van der Waals surface area (Å²) in [6.45, 7) is 3.84. The fraction of sp³-hybridized carbons (Fsp3) is 0.222. The fourth-order valence-electron chi connectivity index (χ4n) is 2.30. The van der Waals surface area contributed by atoms with Gasteiger partial charge in [-0.1, -0.05) is 13.8 Å². The van der Waals surface area contributed by atoms with Crippen LogP contribution >= 0.6 is 0 Å². The summed E-state index contributed by atoms with van der Waals surface area (Å²) < 4.78 is 5.91. The second-order valence-corrected chi connectivity index (χ2v) is 5.06. The maximum absolute atomic E-state index is 11.0. The molecule has 0 unspecified atom stereocenters. The third-order valence-corrected chi connectivity index (χ3v) is 3.60. The predicted molar refractivity (Wildman–Crippen MR) is 85.6 cm³/mol. The first-order valence-electron chi connectivity index (χ1n) is 7.36. The Morgan fingerprint density at radius 3 is 1.52 bits per heavy atom. The average molecular weight is 314 g/mol. The second-order valence-electron chi connectivity index (χ2n) is 5.06. The van der Waals surface area contributed by atoms with Crippen molar-refractivity contribution < 1.29 is 24.5 Å². The van der Waals surface area contributed by atoms with Gasteiger partial charge in [-0.05, 0) is 60.4 Å². The molecular formula is C18H18O5. The molecule has 0 aliphatic heterocycles. The highest BCUT2D eigenvalue weighted by molar-refractivity contribution is 5.88. The van der Waals surface area contributed by atoms with Crippen molar-refractivity contribution in [2.24, 2.45) is 0 Å². The Morgan fingerprint density at radius 2 is 1.22 bits per heavy atom. The molecule has 120 valence electrons. The molecule has 5 heteroatoms. The van der Waals surface area contributed by atoms with Crippen LogP contribution in [0.2, 0.25) is 0 Å². The number of aryl methyl sites for hydroxylation is 2. The molecule has 5 nitrogen and oxygen atoms in total. The molecule has 0 aromatic heterocycles. The Balaban J connectivity index is 2.39. The molecular weight excluding hydrogens is 296 g/mol. The first-order valence-corrected chi connectivity index (χ1v) is 7.36. The van der Waals surface area contributed by atoms with Crippen LogP contribution < -0.4 is 4.74 Å². The van der Waals surface area contributed by atoms with Gasteiger partial charge in [0.1, 0.15) is 11.5 Å². The van der Waals surface area contributed by atoms with Gasteiger partial charge in [0.05, 0.1) is 11.1 Å². The molecule has 2 aromatic carbocycles. The van der Waals surface area contributed by atoms with Crippen molar-refractivity contribution >= 4 is 11.9 Å². The molecule has 0 heterocycles. The van der Waals surface area contributed by atoms with E-state index in [0.717, 1.165) is 11.1 Å². The minimum absolute atomic E-state index is 0.214. The van der Waals surface area contributed by atoms with E-state index in [1.54, 1.807) is 24.3 Å². The molecule has 0 amide bonds. The van der Waals surface area contributed by atoms with Gasteiger partial charge in [-0.2, -0.15) is 0 Å². The normalized spacial score (nSPS) is 10.3. The lowest BCUT2D eigenvalue weighted by atomic mass is 10.1. The monoisotopic (exact) mass is 314 g/mol. The summed E-state index contributed by atoms with van der Waals surface area (Å²) in [6.07, 6.45) is 1.26. The van der Waals surface area contributed by atoms with Gasteiger partial charge in [-0.3, -0.25) is 0 Å². The quantitative estimate of drug-likeness (QED) is 0.842. The van der Waals surface area contributed by atoms with Gasteiger partial charge in [0, 0.05) is 0 Å². The van der Waals surface area contributed by atoms with Gasteiger partial charge in [0.25, 0.3) is 0 Å². The van der Waals surface area contributed by atoms with Gasteiger partial charge >= 0.3 is 11.9 Å². The van der Waals surface area contributed by atoms with E-state index in [2.05, 4.69) is 0 Å². The lowest BCUT2D eigenvalue weighted by molar-refractivity contribution is 0.0686. The lowest BCUT2D eigenvalue weighted by Crippen LogP contribution is -2.01. The van der Waals surface area contributed by atoms with E-state index in [-0.39, 0.29) is 11.1 Å². The fourth-order valence-corrected chi connectivity index (χ4v) is 2.30. The Hall–Kier alpha value is -2.82. The van der Waals surface area contributed by atoms with Gasteiger partial charge in [0.2, 0.25) is 0 Å². The molecule has 23 heavy (non-hydrogen) atoms. The molecule has 2 rings (SSSR count). The smallest absolute Gasteiger partial charge is 0.335 e. The highest BCUT2D eigenvalue weighted by Crippen LogP contribution is 2.30. The molecule has 0 bridgehead atoms. The Kier molecular flexibility index (Phi) is 5.01. The standard InChI is InChI=1S/C18H18O5/c1-3-11-9-13(17(19)20)5-7-15(11)23-16-8-6-14(18(21)22)10-12(16)4-2/h5-10H,3-4H2,1-2H3,(H,19,20)(H,21,22). The highest BCUT2D eigenvalue weighted by Gasteiger charge is 2.12. The Bertz CT molecular complexity index is 686. The summed E-state index contributed by atoms with van der Waals surface area (Å²) in [5.41, 5.74) is 2.00. The van der Waals surface area contributed by atoms with Crippen LogP contribution in [0.1, 0.15) is 45.7 Å². The first-order chi connectivity index (χ1) is 11.0. The van der Waals surface area contributed by atoms with Crippen molar-refractivity contribution in [3.8, 4) is 11.5 Å². The number of benzene rings is 2. The van der Waals surface area contributed by atoms with E-state index < -0.39 is 11.9 Å². The van der Waals surface area contributed by atoms with Crippen molar-refractivity contribution in [1.82, 2.24) is 0 Å². The summed E-state index contributed by atoms with van der Waals surface area (Å²) in [5, 5.41) is 18.1. The van der Waals surface area contributed by atoms with Crippen LogP contribution in [0.5, 0.6) is 11.5 Å². The van der Waals surface area contributed by atoms with Gasteiger partial charge in [0.15, 0.2) is 0 Å². The number of hydrogen-bond donors (Lipinski definition) is 2. The molecule has 0 fully saturated rings. The van der Waals surface area contributed by atoms with Crippen LogP contribution in [-0.2, 0) is 12.8 Å². The summed E-state index contributed by atoms with van der Waals surface area (Å²) in [5.74, 6) is -0.803. The molecule has 0 spiro atoms. The molecule has 2 N–H and O–H groups in total. The maximum Gasteiger partial charge on any atom is 0.335 e. The van der Waals surface area contributed by atoms with Gasteiger partial charge in [-0.25, -0.2) is 9.59 Å². The van der Waals surface area contributed by atoms with Crippen LogP contribution in [0.4, 0.5) is 0 Å². The largest absolute Gasteiger partial charge is 0.478 e. The third kappa shape index (κ3) is 3.69. The molecule has 0 saturated heterocycles. The molecule has 0 aliphatic rings. The summed E-state index contributed by atoms with van der Waals surface area (Å²) >= 11 is 0. The van der Waals surface area contributed by atoms with Crippen molar-refractivity contribution in [3.63, 3.8) is 0 Å². The number of carbonyl (C=O) groups is 2. The maximum atomic E-state index is 11.0. The third-order valence-electron chi connectivity index (χ3n) is 3.60. The molecule has 0 aliphatic carbocycles. The van der Waals surface area contributed by atoms with E-state index in [4.69, 9.17) is 14.9 Å². The number of aromatic carboxylic acids is 2. The van der Waals surface area contributed by atoms with Crippen LogP contribution in [-0.4, -0.2) is 22.2 Å². The first kappa shape index (κ1) is 16.5. The van der Waals surface area contributed by atoms with Crippen LogP contribution in [0.25, 0.3) is 0 Å². The van der Waals surface area contributed by atoms with E-state index in [9.17, 15) is 9.59 Å². The van der Waals surface area contributed by atoms with Crippen molar-refractivity contribution in [2.75, 3.05) is 0 Å². The number of rotatable bonds is 6. The van der Waals surface area contributed by atoms with Crippen LogP contribution in [0, 0.1) is 0 Å². The average Bonchev–Trinajstić information content (AvgIpc) is 2.55. The minimum atomic E-state index is -0.980. The minimum Gasteiger partial charge on any atom is -0.478 e. The second kappa shape index (κ2) is 6.96. The Labute approximate surface area is 134 Å². The molecule has 0 saturated carbocycles. The van der Waals surface area contributed by atoms with E-state index in [1.165, 1.54) is 12.1 Å². The van der Waals surface area contributed by atoms with E-state index in [1.807, 2.05) is 13.8 Å². The zero-order valence-electron chi connectivity index (χ0n) is 13.0. The highest BCUT2D eigenvalue weighted by atomic mass is 16.5. The topological polar surface area (TPSA) is 83.8 Å². The molecule has 2 aromatic rings. The zero-order chi connectivity index (χ0) is 17.0. The number of ether oxygens (including phenoxy) is 1. The van der Waals surface area contributed by atoms with Crippen molar-refractivity contribution in [3.05, 3.63) is 58.7 Å². The van der Waals surface area contributed by atoms with Crippen LogP contribution in [0.3, 0.4) is 0 Å². The lowest BCUT2D eigenvalue weighted by Gasteiger charge is -2.14. The summed E-state index contributed by atoms with van der Waals surface area (Å²) in [7, 11) is 0. The van der Waals surface area contributed by atoms with Gasteiger partial charge < -0.3 is 14.9 Å². The SMILES string of the molecule is CCc1cc(C(=O)O)ccc1Oc1ccc(C(=O)O)cc1CC. The van der Waals surface area contributed by atoms with Crippen LogP contribution in [0.15, 0.2) is 36.4 Å². The molecule has 0 atom stereocenters.